The molecule has 1 N–H and O–H groups in total. The molecule has 1 nitrogen and oxygen atoms in total. The van der Waals surface area contributed by atoms with Crippen LogP contribution in [0.2, 0.25) is 0 Å². The number of nitrogens with one attached hydrogen (secondary N) is 1. The van der Waals surface area contributed by atoms with Gasteiger partial charge in [-0.15, -0.1) is 0 Å². The first-order valence-corrected chi connectivity index (χ1v) is 5.46. The molecular weight excluding hydrogens is 182 g/mol. The summed E-state index contributed by atoms with van der Waals surface area (Å²) in [6.45, 7) is 5.37. The summed E-state index contributed by atoms with van der Waals surface area (Å²) in [6, 6.07) is 10.8. The fourth-order valence-corrected chi connectivity index (χ4v) is 1.66. The van der Waals surface area contributed by atoms with E-state index in [2.05, 4.69) is 31.0 Å². The Bertz CT molecular complexity index is 381. The molecule has 2 rings (SSSR count). The number of hydrogen-bond donors (Lipinski definition) is 1. The summed E-state index contributed by atoms with van der Waals surface area (Å²) in [4.78, 5) is 0. The van der Waals surface area contributed by atoms with Crippen LogP contribution in [0.15, 0.2) is 30.3 Å². The van der Waals surface area contributed by atoms with E-state index in [-0.39, 0.29) is 0 Å². The molecule has 0 bridgehead atoms. The van der Waals surface area contributed by atoms with Crippen molar-refractivity contribution >= 4 is 0 Å². The average molecular weight is 199 g/mol. The number of hydrogen-bond acceptors (Lipinski definition) is 1. The highest BCUT2D eigenvalue weighted by atomic mass is 15.0. The molecule has 1 atom stereocenters. The Balaban J connectivity index is 1.77. The molecule has 1 aliphatic rings. The summed E-state index contributed by atoms with van der Waals surface area (Å²) in [5.74, 6) is 6.29. The Morgan fingerprint density at radius 1 is 1.33 bits per heavy atom. The molecule has 0 saturated heterocycles. The van der Waals surface area contributed by atoms with Crippen molar-refractivity contribution in [2.75, 3.05) is 6.54 Å². The highest BCUT2D eigenvalue weighted by molar-refractivity contribution is 5.33. The van der Waals surface area contributed by atoms with E-state index in [9.17, 15) is 0 Å². The maximum absolute atomic E-state index is 3.44. The van der Waals surface area contributed by atoms with Gasteiger partial charge < -0.3 is 5.32 Å². The topological polar surface area (TPSA) is 12.0 Å². The van der Waals surface area contributed by atoms with Crippen LogP contribution in [-0.4, -0.2) is 12.6 Å². The average Bonchev–Trinajstić information content (AvgIpc) is 2.83. The van der Waals surface area contributed by atoms with Gasteiger partial charge in [-0.1, -0.05) is 43.9 Å². The van der Waals surface area contributed by atoms with E-state index in [1.807, 2.05) is 30.3 Å². The van der Waals surface area contributed by atoms with E-state index in [4.69, 9.17) is 0 Å². The highest BCUT2D eigenvalue weighted by Crippen LogP contribution is 2.44. The number of rotatable bonds is 2. The van der Waals surface area contributed by atoms with Crippen LogP contribution in [0.5, 0.6) is 0 Å². The molecule has 0 heterocycles. The highest BCUT2D eigenvalue weighted by Gasteiger charge is 2.44. The Kier molecular flexibility index (Phi) is 2.79. The lowest BCUT2D eigenvalue weighted by Crippen LogP contribution is -2.20. The summed E-state index contributed by atoms with van der Waals surface area (Å²) in [7, 11) is 0. The van der Waals surface area contributed by atoms with Crippen LogP contribution in [0, 0.1) is 17.3 Å². The minimum atomic E-state index is 0.494. The van der Waals surface area contributed by atoms with Gasteiger partial charge in [-0.2, -0.15) is 0 Å². The van der Waals surface area contributed by atoms with Crippen molar-refractivity contribution in [1.29, 1.82) is 0 Å². The minimum absolute atomic E-state index is 0.494. The summed E-state index contributed by atoms with van der Waals surface area (Å²) in [5.41, 5.74) is 1.59. The molecule has 1 heteroatoms. The van der Waals surface area contributed by atoms with E-state index in [0.29, 0.717) is 11.5 Å². The molecule has 1 aromatic rings. The second kappa shape index (κ2) is 4.08. The third-order valence-corrected chi connectivity index (χ3v) is 2.96. The summed E-state index contributed by atoms with van der Waals surface area (Å²) >= 11 is 0. The maximum Gasteiger partial charge on any atom is 0.0582 e. The van der Waals surface area contributed by atoms with Crippen molar-refractivity contribution in [2.45, 2.75) is 26.3 Å². The van der Waals surface area contributed by atoms with Gasteiger partial charge in [0.2, 0.25) is 0 Å². The zero-order valence-corrected chi connectivity index (χ0v) is 9.38. The predicted octanol–water partition coefficient (Wildman–Crippen LogP) is 2.43. The van der Waals surface area contributed by atoms with Crippen LogP contribution in [0.1, 0.15) is 25.8 Å². The molecule has 1 saturated carbocycles. The van der Waals surface area contributed by atoms with Gasteiger partial charge in [-0.05, 0) is 24.0 Å². The predicted molar refractivity (Wildman–Crippen MR) is 63.5 cm³/mol. The van der Waals surface area contributed by atoms with Crippen LogP contribution in [0.3, 0.4) is 0 Å². The molecule has 15 heavy (non-hydrogen) atoms. The van der Waals surface area contributed by atoms with Gasteiger partial charge in [0.1, 0.15) is 0 Å². The first kappa shape index (κ1) is 10.3. The summed E-state index contributed by atoms with van der Waals surface area (Å²) < 4.78 is 0. The lowest BCUT2D eigenvalue weighted by Gasteiger charge is -2.01. The second-order valence-corrected chi connectivity index (χ2v) is 4.79. The van der Waals surface area contributed by atoms with Gasteiger partial charge in [-0.3, -0.25) is 0 Å². The molecule has 0 radical (unpaired) electrons. The van der Waals surface area contributed by atoms with Crippen LogP contribution in [0.4, 0.5) is 0 Å². The van der Waals surface area contributed by atoms with E-state index < -0.39 is 0 Å². The Morgan fingerprint density at radius 2 is 2.00 bits per heavy atom. The van der Waals surface area contributed by atoms with Crippen molar-refractivity contribution < 1.29 is 0 Å². The van der Waals surface area contributed by atoms with Crippen molar-refractivity contribution in [3.8, 4) is 11.8 Å². The van der Waals surface area contributed by atoms with E-state index in [1.165, 1.54) is 6.42 Å². The van der Waals surface area contributed by atoms with Gasteiger partial charge in [0.05, 0.1) is 6.54 Å². The lowest BCUT2D eigenvalue weighted by molar-refractivity contribution is 0.564. The van der Waals surface area contributed by atoms with Crippen molar-refractivity contribution in [3.05, 3.63) is 35.9 Å². The van der Waals surface area contributed by atoms with E-state index >= 15 is 0 Å². The molecule has 1 aromatic carbocycles. The number of benzene rings is 1. The molecular formula is C14H17N. The minimum Gasteiger partial charge on any atom is -0.303 e. The molecule has 78 valence electrons. The monoisotopic (exact) mass is 199 g/mol. The van der Waals surface area contributed by atoms with Crippen molar-refractivity contribution in [1.82, 2.24) is 5.32 Å². The van der Waals surface area contributed by atoms with Crippen LogP contribution >= 0.6 is 0 Å². The third kappa shape index (κ3) is 2.84. The Morgan fingerprint density at radius 3 is 2.60 bits per heavy atom. The quantitative estimate of drug-likeness (QED) is 0.721. The molecule has 1 unspecified atom stereocenters. The Labute approximate surface area is 91.9 Å². The van der Waals surface area contributed by atoms with Gasteiger partial charge >= 0.3 is 0 Å². The smallest absolute Gasteiger partial charge is 0.0582 e. The second-order valence-electron chi connectivity index (χ2n) is 4.79. The first-order valence-electron chi connectivity index (χ1n) is 5.46. The van der Waals surface area contributed by atoms with E-state index in [1.54, 1.807) is 0 Å². The first-order chi connectivity index (χ1) is 7.18. The largest absolute Gasteiger partial charge is 0.303 e. The standard InChI is InChI=1S/C14H17N/c1-14(2)11-13(14)15-10-6-9-12-7-4-3-5-8-12/h3-5,7-8,13,15H,10-11H2,1-2H3. The van der Waals surface area contributed by atoms with Crippen LogP contribution in [0.25, 0.3) is 0 Å². The molecule has 0 amide bonds. The molecule has 0 spiro atoms. The van der Waals surface area contributed by atoms with Crippen molar-refractivity contribution in [2.24, 2.45) is 5.41 Å². The normalized spacial score (nSPS) is 21.6. The zero-order valence-electron chi connectivity index (χ0n) is 9.38. The summed E-state index contributed by atoms with van der Waals surface area (Å²) in [6.07, 6.45) is 1.28. The van der Waals surface area contributed by atoms with Crippen LogP contribution in [-0.2, 0) is 0 Å². The molecule has 0 aliphatic heterocycles. The molecule has 1 fully saturated rings. The maximum atomic E-state index is 3.44. The molecule has 0 aromatic heterocycles. The lowest BCUT2D eigenvalue weighted by atomic mass is 10.2. The van der Waals surface area contributed by atoms with Gasteiger partial charge in [0, 0.05) is 11.6 Å². The van der Waals surface area contributed by atoms with Gasteiger partial charge in [0.15, 0.2) is 0 Å². The molecule has 1 aliphatic carbocycles. The Hall–Kier alpha value is -1.26. The zero-order chi connectivity index (χ0) is 10.7. The van der Waals surface area contributed by atoms with Gasteiger partial charge in [-0.25, -0.2) is 0 Å². The third-order valence-electron chi connectivity index (χ3n) is 2.96. The summed E-state index contributed by atoms with van der Waals surface area (Å²) in [5, 5.41) is 3.44. The SMILES string of the molecule is CC1(C)CC1NCC#Cc1ccccc1. The fourth-order valence-electron chi connectivity index (χ4n) is 1.66. The van der Waals surface area contributed by atoms with Gasteiger partial charge in [0.25, 0.3) is 0 Å². The van der Waals surface area contributed by atoms with Crippen LogP contribution < -0.4 is 5.32 Å². The fraction of sp³-hybridized carbons (Fsp3) is 0.429. The van der Waals surface area contributed by atoms with Crippen molar-refractivity contribution in [3.63, 3.8) is 0 Å². The van der Waals surface area contributed by atoms with E-state index in [0.717, 1.165) is 12.1 Å².